The molecule has 0 aliphatic carbocycles. The molecular formula is C15H20BrNO4. The smallest absolute Gasteiger partial charge is 0.320 e. The van der Waals surface area contributed by atoms with Crippen LogP contribution < -0.4 is 9.47 Å². The van der Waals surface area contributed by atoms with Gasteiger partial charge in [0.2, 0.25) is 0 Å². The molecule has 0 saturated carbocycles. The monoisotopic (exact) mass is 357 g/mol. The average molecular weight is 358 g/mol. The van der Waals surface area contributed by atoms with Crippen LogP contribution in [0.1, 0.15) is 25.3 Å². The summed E-state index contributed by atoms with van der Waals surface area (Å²) in [6.07, 6.45) is 1.64. The first kappa shape index (κ1) is 16.1. The number of carbonyl (C=O) groups is 1. The third-order valence-electron chi connectivity index (χ3n) is 3.61. The molecule has 1 saturated heterocycles. The molecule has 5 nitrogen and oxygen atoms in total. The van der Waals surface area contributed by atoms with Crippen molar-refractivity contribution in [1.82, 2.24) is 4.90 Å². The molecule has 1 heterocycles. The van der Waals surface area contributed by atoms with Gasteiger partial charge in [0.15, 0.2) is 11.5 Å². The quantitative estimate of drug-likeness (QED) is 0.848. The fourth-order valence-electron chi connectivity index (χ4n) is 2.70. The van der Waals surface area contributed by atoms with Crippen LogP contribution >= 0.6 is 15.9 Å². The van der Waals surface area contributed by atoms with Gasteiger partial charge >= 0.3 is 5.97 Å². The number of benzene rings is 1. The molecule has 1 fully saturated rings. The van der Waals surface area contributed by atoms with Crippen LogP contribution in [0.2, 0.25) is 0 Å². The van der Waals surface area contributed by atoms with E-state index in [1.54, 1.807) is 7.11 Å². The van der Waals surface area contributed by atoms with E-state index < -0.39 is 5.97 Å². The molecule has 1 aliphatic rings. The Balaban J connectivity index is 2.22. The van der Waals surface area contributed by atoms with Crippen LogP contribution in [-0.4, -0.2) is 42.3 Å². The number of carboxylic acids is 1. The Morgan fingerprint density at radius 3 is 2.90 bits per heavy atom. The van der Waals surface area contributed by atoms with E-state index >= 15 is 0 Å². The summed E-state index contributed by atoms with van der Waals surface area (Å²) in [7, 11) is 1.60. The van der Waals surface area contributed by atoms with E-state index in [2.05, 4.69) is 15.9 Å². The zero-order valence-corrected chi connectivity index (χ0v) is 13.9. The van der Waals surface area contributed by atoms with Crippen molar-refractivity contribution >= 4 is 21.9 Å². The maximum atomic E-state index is 11.2. The molecule has 2 rings (SSSR count). The Kier molecular flexibility index (Phi) is 5.47. The number of carboxylic acid groups (broad SMARTS) is 1. The second-order valence-electron chi connectivity index (χ2n) is 5.01. The molecule has 1 atom stereocenters. The number of hydrogen-bond donors (Lipinski definition) is 1. The van der Waals surface area contributed by atoms with Crippen molar-refractivity contribution in [3.05, 3.63) is 22.2 Å². The molecule has 1 aliphatic heterocycles. The lowest BCUT2D eigenvalue weighted by Gasteiger charge is -2.22. The Morgan fingerprint density at radius 1 is 1.52 bits per heavy atom. The summed E-state index contributed by atoms with van der Waals surface area (Å²) in [6, 6.07) is 3.49. The van der Waals surface area contributed by atoms with E-state index in [0.717, 1.165) is 23.0 Å². The van der Waals surface area contributed by atoms with E-state index in [9.17, 15) is 9.90 Å². The lowest BCUT2D eigenvalue weighted by atomic mass is 10.1. The third kappa shape index (κ3) is 3.68. The topological polar surface area (TPSA) is 59.0 Å². The summed E-state index contributed by atoms with van der Waals surface area (Å²) < 4.78 is 11.7. The van der Waals surface area contributed by atoms with E-state index in [1.165, 1.54) is 0 Å². The van der Waals surface area contributed by atoms with Crippen molar-refractivity contribution in [2.75, 3.05) is 20.3 Å². The van der Waals surface area contributed by atoms with Crippen LogP contribution in [0.15, 0.2) is 16.6 Å². The second-order valence-corrected chi connectivity index (χ2v) is 5.86. The second kappa shape index (κ2) is 7.13. The van der Waals surface area contributed by atoms with Gasteiger partial charge in [0, 0.05) is 6.54 Å². The number of ether oxygens (including phenoxy) is 2. The summed E-state index contributed by atoms with van der Waals surface area (Å²) in [6.45, 7) is 3.87. The lowest BCUT2D eigenvalue weighted by Crippen LogP contribution is -2.35. The highest BCUT2D eigenvalue weighted by Gasteiger charge is 2.30. The van der Waals surface area contributed by atoms with Crippen molar-refractivity contribution in [3.8, 4) is 11.5 Å². The van der Waals surface area contributed by atoms with Crippen molar-refractivity contribution in [1.29, 1.82) is 0 Å². The Labute approximate surface area is 133 Å². The van der Waals surface area contributed by atoms with Gasteiger partial charge in [-0.1, -0.05) is 0 Å². The predicted octanol–water partition coefficient (Wildman–Crippen LogP) is 2.91. The van der Waals surface area contributed by atoms with E-state index in [1.807, 2.05) is 24.0 Å². The molecule has 0 aromatic heterocycles. The largest absolute Gasteiger partial charge is 0.492 e. The van der Waals surface area contributed by atoms with Gasteiger partial charge in [0.1, 0.15) is 6.04 Å². The maximum Gasteiger partial charge on any atom is 0.320 e. The lowest BCUT2D eigenvalue weighted by molar-refractivity contribution is -0.142. The van der Waals surface area contributed by atoms with Gasteiger partial charge in [-0.05, 0) is 59.9 Å². The fourth-order valence-corrected chi connectivity index (χ4v) is 3.35. The summed E-state index contributed by atoms with van der Waals surface area (Å²) in [5, 5.41) is 9.24. The van der Waals surface area contributed by atoms with E-state index in [-0.39, 0.29) is 6.04 Å². The molecule has 21 heavy (non-hydrogen) atoms. The van der Waals surface area contributed by atoms with E-state index in [4.69, 9.17) is 9.47 Å². The Bertz CT molecular complexity index is 521. The summed E-state index contributed by atoms with van der Waals surface area (Å²) in [5.74, 6) is 0.595. The molecule has 1 N–H and O–H groups in total. The zero-order chi connectivity index (χ0) is 15.4. The molecule has 1 unspecified atom stereocenters. The number of likely N-dealkylation sites (tertiary alicyclic amines) is 1. The minimum atomic E-state index is -0.745. The van der Waals surface area contributed by atoms with Crippen LogP contribution in [-0.2, 0) is 11.3 Å². The molecule has 1 aromatic rings. The normalized spacial score (nSPS) is 18.7. The van der Waals surface area contributed by atoms with Crippen LogP contribution in [0.4, 0.5) is 0 Å². The van der Waals surface area contributed by atoms with Gasteiger partial charge in [-0.25, -0.2) is 0 Å². The summed E-state index contributed by atoms with van der Waals surface area (Å²) in [5.41, 5.74) is 1.01. The molecule has 0 bridgehead atoms. The van der Waals surface area contributed by atoms with Crippen LogP contribution in [0.25, 0.3) is 0 Å². The summed E-state index contributed by atoms with van der Waals surface area (Å²) >= 11 is 3.48. The van der Waals surface area contributed by atoms with Crippen molar-refractivity contribution in [3.63, 3.8) is 0 Å². The van der Waals surface area contributed by atoms with Gasteiger partial charge in [0.25, 0.3) is 0 Å². The van der Waals surface area contributed by atoms with Crippen molar-refractivity contribution in [2.24, 2.45) is 0 Å². The molecular weight excluding hydrogens is 338 g/mol. The average Bonchev–Trinajstić information content (AvgIpc) is 2.87. The van der Waals surface area contributed by atoms with Gasteiger partial charge in [0.05, 0.1) is 18.2 Å². The van der Waals surface area contributed by atoms with Crippen molar-refractivity contribution in [2.45, 2.75) is 32.4 Å². The first-order valence-electron chi connectivity index (χ1n) is 7.02. The molecule has 6 heteroatoms. The molecule has 0 radical (unpaired) electrons. The number of methoxy groups -OCH3 is 1. The van der Waals surface area contributed by atoms with Gasteiger partial charge in [-0.15, -0.1) is 0 Å². The predicted molar refractivity (Wildman–Crippen MR) is 82.9 cm³/mol. The fraction of sp³-hybridized carbons (Fsp3) is 0.533. The molecule has 0 spiro atoms. The number of hydrogen-bond acceptors (Lipinski definition) is 4. The number of nitrogens with zero attached hydrogens (tertiary/aromatic N) is 1. The maximum absolute atomic E-state index is 11.2. The number of aliphatic carboxylic acids is 1. The first-order chi connectivity index (χ1) is 10.1. The minimum Gasteiger partial charge on any atom is -0.492 e. The van der Waals surface area contributed by atoms with Crippen LogP contribution in [0.5, 0.6) is 11.5 Å². The summed E-state index contributed by atoms with van der Waals surface area (Å²) in [4.78, 5) is 13.2. The zero-order valence-electron chi connectivity index (χ0n) is 12.3. The third-order valence-corrected chi connectivity index (χ3v) is 4.20. The Morgan fingerprint density at radius 2 is 2.29 bits per heavy atom. The number of halogens is 1. The minimum absolute atomic E-state index is 0.388. The van der Waals surface area contributed by atoms with Crippen molar-refractivity contribution < 1.29 is 19.4 Å². The molecule has 1 aromatic carbocycles. The SMILES string of the molecule is CCOc1cc(CN2CCCC2C(=O)O)cc(Br)c1OC. The van der Waals surface area contributed by atoms with Gasteiger partial charge < -0.3 is 14.6 Å². The van der Waals surface area contributed by atoms with Crippen LogP contribution in [0, 0.1) is 0 Å². The highest BCUT2D eigenvalue weighted by atomic mass is 79.9. The molecule has 116 valence electrons. The van der Waals surface area contributed by atoms with E-state index in [0.29, 0.717) is 31.1 Å². The highest BCUT2D eigenvalue weighted by molar-refractivity contribution is 9.10. The van der Waals surface area contributed by atoms with Gasteiger partial charge in [-0.3, -0.25) is 9.69 Å². The standard InChI is InChI=1S/C15H20BrNO4/c1-3-21-13-8-10(7-11(16)14(13)20-2)9-17-6-4-5-12(17)15(18)19/h7-8,12H,3-6,9H2,1-2H3,(H,18,19). The molecule has 0 amide bonds. The van der Waals surface area contributed by atoms with Gasteiger partial charge in [-0.2, -0.15) is 0 Å². The first-order valence-corrected chi connectivity index (χ1v) is 7.82. The highest BCUT2D eigenvalue weighted by Crippen LogP contribution is 2.37. The number of rotatable bonds is 6. The van der Waals surface area contributed by atoms with Crippen LogP contribution in [0.3, 0.4) is 0 Å². The Hall–Kier alpha value is -1.27.